The van der Waals surface area contributed by atoms with Gasteiger partial charge >= 0.3 is 0 Å². The van der Waals surface area contributed by atoms with Gasteiger partial charge in [-0.05, 0) is 48.6 Å². The van der Waals surface area contributed by atoms with E-state index < -0.39 is 28.5 Å². The van der Waals surface area contributed by atoms with Crippen molar-refractivity contribution in [1.29, 1.82) is 0 Å². The number of carbonyl (C=O) groups excluding carboxylic acids is 2. The molecule has 0 unspecified atom stereocenters. The second-order valence-electron chi connectivity index (χ2n) is 11.0. The monoisotopic (exact) mass is 591 g/mol. The maximum absolute atomic E-state index is 14.3. The van der Waals surface area contributed by atoms with Crippen molar-refractivity contribution in [2.24, 2.45) is 0 Å². The first-order chi connectivity index (χ1) is 20.2. The number of hydrogen-bond acceptors (Lipinski definition) is 5. The average molecular weight is 592 g/mol. The Morgan fingerprint density at radius 2 is 1.55 bits per heavy atom. The van der Waals surface area contributed by atoms with Crippen LogP contribution in [0.5, 0.6) is 5.75 Å². The molecule has 0 aromatic heterocycles. The van der Waals surface area contributed by atoms with E-state index in [1.54, 1.807) is 12.1 Å². The molecule has 1 fully saturated rings. The summed E-state index contributed by atoms with van der Waals surface area (Å²) in [5.41, 5.74) is 2.85. The van der Waals surface area contributed by atoms with Crippen LogP contribution in [-0.2, 0) is 32.6 Å². The fourth-order valence-corrected chi connectivity index (χ4v) is 6.31. The molecular formula is C33H41N3O5S. The number of ether oxygens (including phenoxy) is 1. The lowest BCUT2D eigenvalue weighted by atomic mass is 9.94. The molecule has 0 saturated heterocycles. The number of sulfonamides is 1. The largest absolute Gasteiger partial charge is 0.495 e. The van der Waals surface area contributed by atoms with Gasteiger partial charge in [-0.25, -0.2) is 8.42 Å². The van der Waals surface area contributed by atoms with Crippen molar-refractivity contribution in [3.05, 3.63) is 95.6 Å². The summed E-state index contributed by atoms with van der Waals surface area (Å²) in [5.74, 6) is -0.369. The van der Waals surface area contributed by atoms with E-state index in [1.165, 1.54) is 12.0 Å². The third kappa shape index (κ3) is 8.35. The number of methoxy groups -OCH3 is 1. The Balaban J connectivity index is 1.73. The third-order valence-corrected chi connectivity index (χ3v) is 8.83. The quantitative estimate of drug-likeness (QED) is 0.325. The smallest absolute Gasteiger partial charge is 0.244 e. The number of hydrogen-bond donors (Lipinski definition) is 1. The van der Waals surface area contributed by atoms with Gasteiger partial charge < -0.3 is 15.0 Å². The lowest BCUT2D eigenvalue weighted by Crippen LogP contribution is -2.55. The lowest BCUT2D eigenvalue weighted by molar-refractivity contribution is -0.140. The molecule has 42 heavy (non-hydrogen) atoms. The molecule has 8 nitrogen and oxygen atoms in total. The van der Waals surface area contributed by atoms with Gasteiger partial charge in [-0.1, -0.05) is 86.0 Å². The number of benzene rings is 3. The van der Waals surface area contributed by atoms with Crippen molar-refractivity contribution in [2.45, 2.75) is 64.1 Å². The molecule has 4 rings (SSSR count). The zero-order valence-corrected chi connectivity index (χ0v) is 25.5. The summed E-state index contributed by atoms with van der Waals surface area (Å²) < 4.78 is 32.7. The van der Waals surface area contributed by atoms with Gasteiger partial charge in [-0.3, -0.25) is 13.9 Å². The van der Waals surface area contributed by atoms with Gasteiger partial charge in [0, 0.05) is 19.0 Å². The highest BCUT2D eigenvalue weighted by molar-refractivity contribution is 7.92. The minimum Gasteiger partial charge on any atom is -0.495 e. The van der Waals surface area contributed by atoms with Crippen LogP contribution in [0, 0.1) is 6.92 Å². The highest BCUT2D eigenvalue weighted by atomic mass is 32.2. The van der Waals surface area contributed by atoms with Gasteiger partial charge in [-0.15, -0.1) is 0 Å². The summed E-state index contributed by atoms with van der Waals surface area (Å²) in [6.07, 6.45) is 6.45. The molecule has 0 spiro atoms. The zero-order chi connectivity index (χ0) is 30.1. The Kier molecular flexibility index (Phi) is 10.6. The molecule has 0 heterocycles. The van der Waals surface area contributed by atoms with Gasteiger partial charge in [-0.2, -0.15) is 0 Å². The fraction of sp³-hybridized carbons (Fsp3) is 0.394. The van der Waals surface area contributed by atoms with Crippen molar-refractivity contribution < 1.29 is 22.7 Å². The number of aryl methyl sites for hydroxylation is 1. The average Bonchev–Trinajstić information content (AvgIpc) is 2.98. The zero-order valence-electron chi connectivity index (χ0n) is 24.7. The molecule has 3 aromatic rings. The summed E-state index contributed by atoms with van der Waals surface area (Å²) in [6, 6.07) is 23.5. The molecule has 224 valence electrons. The Morgan fingerprint density at radius 1 is 0.929 bits per heavy atom. The number of amides is 2. The van der Waals surface area contributed by atoms with Crippen LogP contribution in [-0.4, -0.2) is 57.1 Å². The fourth-order valence-electron chi connectivity index (χ4n) is 5.47. The van der Waals surface area contributed by atoms with Crippen LogP contribution in [0.4, 0.5) is 5.69 Å². The van der Waals surface area contributed by atoms with Gasteiger partial charge in [0.15, 0.2) is 0 Å². The molecule has 2 amide bonds. The van der Waals surface area contributed by atoms with Crippen molar-refractivity contribution in [3.8, 4) is 5.75 Å². The molecule has 0 radical (unpaired) electrons. The standard InChI is InChI=1S/C33H41N3O5S/c1-25-19-20-31(41-2)29(21-25)36(42(3,39)40)24-32(37)35(23-27-15-9-5-10-16-27)30(22-26-13-7-4-8-14-26)33(38)34-28-17-11-6-12-18-28/h4-5,7-10,13-16,19-21,28,30H,6,11-12,17-18,22-24H2,1-3H3,(H,34,38)/t30-/m0/s1. The van der Waals surface area contributed by atoms with Crippen LogP contribution < -0.4 is 14.4 Å². The molecular weight excluding hydrogens is 550 g/mol. The molecule has 1 saturated carbocycles. The van der Waals surface area contributed by atoms with E-state index in [9.17, 15) is 18.0 Å². The maximum Gasteiger partial charge on any atom is 0.244 e. The minimum atomic E-state index is -3.89. The van der Waals surface area contributed by atoms with Gasteiger partial charge in [0.1, 0.15) is 18.3 Å². The summed E-state index contributed by atoms with van der Waals surface area (Å²) >= 11 is 0. The van der Waals surface area contributed by atoms with Crippen LogP contribution in [0.2, 0.25) is 0 Å². The second-order valence-corrected chi connectivity index (χ2v) is 12.9. The number of rotatable bonds is 12. The Labute approximate surface area is 249 Å². The number of nitrogens with one attached hydrogen (secondary N) is 1. The number of carbonyl (C=O) groups is 2. The summed E-state index contributed by atoms with van der Waals surface area (Å²) in [4.78, 5) is 29.8. The molecule has 1 aliphatic carbocycles. The van der Waals surface area contributed by atoms with Crippen LogP contribution in [0.15, 0.2) is 78.9 Å². The normalized spacial score (nSPS) is 14.5. The predicted octanol–water partition coefficient (Wildman–Crippen LogP) is 4.86. The Bertz CT molecular complexity index is 1440. The first kappa shape index (κ1) is 31.1. The molecule has 1 N–H and O–H groups in total. The van der Waals surface area contributed by atoms with Gasteiger partial charge in [0.05, 0.1) is 19.1 Å². The van der Waals surface area contributed by atoms with E-state index in [0.717, 1.165) is 59.4 Å². The first-order valence-corrected chi connectivity index (χ1v) is 16.3. The first-order valence-electron chi connectivity index (χ1n) is 14.5. The van der Waals surface area contributed by atoms with E-state index >= 15 is 0 Å². The molecule has 1 atom stereocenters. The molecule has 0 bridgehead atoms. The summed E-state index contributed by atoms with van der Waals surface area (Å²) in [6.45, 7) is 1.52. The van der Waals surface area contributed by atoms with Gasteiger partial charge in [0.25, 0.3) is 0 Å². The number of nitrogens with zero attached hydrogens (tertiary/aromatic N) is 2. The highest BCUT2D eigenvalue weighted by Gasteiger charge is 2.34. The summed E-state index contributed by atoms with van der Waals surface area (Å²) in [5, 5.41) is 3.22. The Hall–Kier alpha value is -3.85. The lowest BCUT2D eigenvalue weighted by Gasteiger charge is -2.35. The molecule has 1 aliphatic rings. The second kappa shape index (κ2) is 14.4. The molecule has 0 aliphatic heterocycles. The van der Waals surface area contributed by atoms with Crippen molar-refractivity contribution in [2.75, 3.05) is 24.2 Å². The van der Waals surface area contributed by atoms with E-state index in [-0.39, 0.29) is 24.2 Å². The van der Waals surface area contributed by atoms with Crippen molar-refractivity contribution >= 4 is 27.5 Å². The maximum atomic E-state index is 14.3. The minimum absolute atomic E-state index is 0.0577. The highest BCUT2D eigenvalue weighted by Crippen LogP contribution is 2.31. The van der Waals surface area contributed by atoms with E-state index in [0.29, 0.717) is 12.2 Å². The van der Waals surface area contributed by atoms with E-state index in [1.807, 2.05) is 73.7 Å². The predicted molar refractivity (Wildman–Crippen MR) is 166 cm³/mol. The van der Waals surface area contributed by atoms with E-state index in [2.05, 4.69) is 5.32 Å². The van der Waals surface area contributed by atoms with Crippen molar-refractivity contribution in [1.82, 2.24) is 10.2 Å². The van der Waals surface area contributed by atoms with Crippen LogP contribution in [0.25, 0.3) is 0 Å². The SMILES string of the molecule is COc1ccc(C)cc1N(CC(=O)N(Cc1ccccc1)[C@@H](Cc1ccccc1)C(=O)NC1CCCCC1)S(C)(=O)=O. The topological polar surface area (TPSA) is 96.0 Å². The van der Waals surface area contributed by atoms with Crippen LogP contribution in [0.3, 0.4) is 0 Å². The number of anilines is 1. The van der Waals surface area contributed by atoms with Crippen molar-refractivity contribution in [3.63, 3.8) is 0 Å². The van der Waals surface area contributed by atoms with Crippen LogP contribution in [0.1, 0.15) is 48.8 Å². The van der Waals surface area contributed by atoms with E-state index in [4.69, 9.17) is 4.74 Å². The third-order valence-electron chi connectivity index (χ3n) is 7.70. The summed E-state index contributed by atoms with van der Waals surface area (Å²) in [7, 11) is -2.43. The molecule has 3 aromatic carbocycles. The Morgan fingerprint density at radius 3 is 2.14 bits per heavy atom. The van der Waals surface area contributed by atoms with Crippen LogP contribution >= 0.6 is 0 Å². The van der Waals surface area contributed by atoms with Gasteiger partial charge in [0.2, 0.25) is 21.8 Å². The molecule has 9 heteroatoms.